The van der Waals surface area contributed by atoms with Crippen molar-refractivity contribution in [1.29, 1.82) is 0 Å². The number of fused-ring (bicyclic) bond motifs is 1. The van der Waals surface area contributed by atoms with E-state index in [0.717, 1.165) is 10.8 Å². The maximum Gasteiger partial charge on any atom is 0.485 e. The lowest BCUT2D eigenvalue weighted by molar-refractivity contribution is -0.237. The molecule has 0 spiro atoms. The average molecular weight is 439 g/mol. The van der Waals surface area contributed by atoms with E-state index < -0.39 is 34.6 Å². The Labute approximate surface area is 162 Å². The van der Waals surface area contributed by atoms with Crippen molar-refractivity contribution < 1.29 is 26.4 Å². The molecule has 1 amide bonds. The Balaban J connectivity index is 1.85. The number of nitrogens with one attached hydrogen (secondary N) is 1. The van der Waals surface area contributed by atoms with Crippen LogP contribution in [0, 0.1) is 6.92 Å². The van der Waals surface area contributed by atoms with Gasteiger partial charge in [-0.15, -0.1) is 0 Å². The average Bonchev–Trinajstić information content (AvgIpc) is 3.17. The first kappa shape index (κ1) is 20.2. The van der Waals surface area contributed by atoms with Crippen molar-refractivity contribution in [2.75, 3.05) is 0 Å². The molecule has 2 aromatic heterocycles. The normalized spacial score (nSPS) is 14.6. The largest absolute Gasteiger partial charge is 0.485 e. The van der Waals surface area contributed by atoms with Crippen LogP contribution in [0.2, 0.25) is 0 Å². The lowest BCUT2D eigenvalue weighted by atomic mass is 10.4. The van der Waals surface area contributed by atoms with E-state index in [0.29, 0.717) is 12.7 Å². The van der Waals surface area contributed by atoms with Crippen LogP contribution in [0.1, 0.15) is 28.9 Å². The summed E-state index contributed by atoms with van der Waals surface area (Å²) in [6, 6.07) is 0. The minimum absolute atomic E-state index is 0.00490. The SMILES string of the molecule is CCn1cc(S(=O)(=O)NC(=O)c2cn3c(n2)C(Cl)=CN(C(F)(F)F)C3)c(C)n1. The second-order valence-electron chi connectivity index (χ2n) is 5.84. The van der Waals surface area contributed by atoms with Gasteiger partial charge in [-0.05, 0) is 13.8 Å². The van der Waals surface area contributed by atoms with E-state index in [4.69, 9.17) is 11.6 Å². The molecule has 0 atom stereocenters. The first-order valence-corrected chi connectivity index (χ1v) is 9.68. The van der Waals surface area contributed by atoms with Crippen molar-refractivity contribution in [1.82, 2.24) is 29.0 Å². The fourth-order valence-electron chi connectivity index (χ4n) is 2.53. The van der Waals surface area contributed by atoms with Crippen LogP contribution in [0.4, 0.5) is 13.2 Å². The fourth-order valence-corrected chi connectivity index (χ4v) is 3.95. The Morgan fingerprint density at radius 1 is 1.36 bits per heavy atom. The van der Waals surface area contributed by atoms with Gasteiger partial charge in [-0.3, -0.25) is 14.4 Å². The van der Waals surface area contributed by atoms with Gasteiger partial charge in [-0.25, -0.2) is 18.1 Å². The zero-order chi connectivity index (χ0) is 20.9. The number of carbonyl (C=O) groups excluding carboxylic acids is 1. The molecule has 0 bridgehead atoms. The third-order valence-corrected chi connectivity index (χ3v) is 5.56. The number of aryl methyl sites for hydroxylation is 2. The monoisotopic (exact) mass is 438 g/mol. The number of hydrogen-bond donors (Lipinski definition) is 1. The number of nitrogens with zero attached hydrogens (tertiary/aromatic N) is 5. The van der Waals surface area contributed by atoms with Crippen LogP contribution in [0.25, 0.3) is 5.03 Å². The summed E-state index contributed by atoms with van der Waals surface area (Å²) in [5, 5.41) is 3.66. The highest BCUT2D eigenvalue weighted by Crippen LogP contribution is 2.31. The summed E-state index contributed by atoms with van der Waals surface area (Å²) in [5.41, 5.74) is -0.201. The molecule has 0 saturated heterocycles. The van der Waals surface area contributed by atoms with Gasteiger partial charge in [-0.2, -0.15) is 18.3 Å². The molecule has 0 aliphatic carbocycles. The zero-order valence-corrected chi connectivity index (χ0v) is 16.1. The van der Waals surface area contributed by atoms with Gasteiger partial charge in [0.05, 0.1) is 10.7 Å². The van der Waals surface area contributed by atoms with E-state index in [1.165, 1.54) is 17.8 Å². The Bertz CT molecular complexity index is 1070. The van der Waals surface area contributed by atoms with Crippen molar-refractivity contribution in [2.45, 2.75) is 38.3 Å². The van der Waals surface area contributed by atoms with E-state index >= 15 is 0 Å². The molecule has 28 heavy (non-hydrogen) atoms. The Morgan fingerprint density at radius 3 is 2.61 bits per heavy atom. The van der Waals surface area contributed by atoms with Gasteiger partial charge in [0, 0.05) is 25.1 Å². The number of alkyl halides is 3. The van der Waals surface area contributed by atoms with Crippen molar-refractivity contribution in [3.63, 3.8) is 0 Å². The summed E-state index contributed by atoms with van der Waals surface area (Å²) < 4.78 is 67.7. The number of aromatic nitrogens is 4. The van der Waals surface area contributed by atoms with Crippen LogP contribution in [0.15, 0.2) is 23.5 Å². The Morgan fingerprint density at radius 2 is 2.04 bits per heavy atom. The number of sulfonamides is 1. The van der Waals surface area contributed by atoms with Gasteiger partial charge in [0.1, 0.15) is 17.3 Å². The predicted octanol–water partition coefficient (Wildman–Crippen LogP) is 1.86. The summed E-state index contributed by atoms with van der Waals surface area (Å²) >= 11 is 5.81. The molecule has 3 rings (SSSR count). The summed E-state index contributed by atoms with van der Waals surface area (Å²) in [6.45, 7) is 2.98. The number of rotatable bonds is 4. The topological polar surface area (TPSA) is 102 Å². The lowest BCUT2D eigenvalue weighted by Gasteiger charge is -2.27. The number of amides is 1. The number of hydrogen-bond acceptors (Lipinski definition) is 6. The predicted molar refractivity (Wildman–Crippen MR) is 91.2 cm³/mol. The molecular formula is C14H14ClF3N6O3S. The maximum atomic E-state index is 12.9. The summed E-state index contributed by atoms with van der Waals surface area (Å²) in [5.74, 6) is -1.19. The smallest absolute Gasteiger partial charge is 0.311 e. The van der Waals surface area contributed by atoms with Crippen molar-refractivity contribution in [2.24, 2.45) is 0 Å². The highest BCUT2D eigenvalue weighted by molar-refractivity contribution is 7.90. The first-order chi connectivity index (χ1) is 12.9. The second-order valence-corrected chi connectivity index (χ2v) is 7.90. The molecule has 1 aliphatic heterocycles. The van der Waals surface area contributed by atoms with Crippen molar-refractivity contribution in [3.8, 4) is 0 Å². The molecule has 0 aromatic carbocycles. The van der Waals surface area contributed by atoms with Crippen LogP contribution in [0.5, 0.6) is 0 Å². The summed E-state index contributed by atoms with van der Waals surface area (Å²) in [4.78, 5) is 16.0. The molecule has 2 aromatic rings. The van der Waals surface area contributed by atoms with Gasteiger partial charge >= 0.3 is 6.30 Å². The first-order valence-electron chi connectivity index (χ1n) is 7.82. The fraction of sp³-hybridized carbons (Fsp3) is 0.357. The minimum atomic E-state index is -4.68. The van der Waals surface area contributed by atoms with E-state index in [1.807, 2.05) is 4.72 Å². The molecule has 3 heterocycles. The Hall–Kier alpha value is -2.54. The molecule has 152 valence electrons. The third-order valence-electron chi connectivity index (χ3n) is 3.86. The van der Waals surface area contributed by atoms with Crippen molar-refractivity contribution >= 4 is 32.6 Å². The van der Waals surface area contributed by atoms with Crippen LogP contribution in [0.3, 0.4) is 0 Å². The highest BCUT2D eigenvalue weighted by atomic mass is 35.5. The minimum Gasteiger partial charge on any atom is -0.311 e. The van der Waals surface area contributed by atoms with Crippen LogP contribution in [-0.4, -0.2) is 44.9 Å². The molecule has 0 fully saturated rings. The highest BCUT2D eigenvalue weighted by Gasteiger charge is 2.38. The maximum absolute atomic E-state index is 12.9. The van der Waals surface area contributed by atoms with Crippen LogP contribution in [-0.2, 0) is 23.2 Å². The molecule has 1 aliphatic rings. The third kappa shape index (κ3) is 3.71. The molecule has 1 N–H and O–H groups in total. The molecule has 0 radical (unpaired) electrons. The van der Waals surface area contributed by atoms with Crippen LogP contribution >= 0.6 is 11.6 Å². The number of halogens is 4. The summed E-state index contributed by atoms with van der Waals surface area (Å²) in [7, 11) is -4.25. The van der Waals surface area contributed by atoms with Gasteiger partial charge in [-0.1, -0.05) is 11.6 Å². The lowest BCUT2D eigenvalue weighted by Crippen LogP contribution is -2.37. The van der Waals surface area contributed by atoms with Gasteiger partial charge < -0.3 is 4.57 Å². The van der Waals surface area contributed by atoms with E-state index in [-0.39, 0.29) is 26.3 Å². The molecule has 14 heteroatoms. The van der Waals surface area contributed by atoms with Gasteiger partial charge in [0.15, 0.2) is 5.82 Å². The second kappa shape index (κ2) is 6.81. The standard InChI is InChI=1S/C14H14ClF3N6O3S/c1-3-24-6-11(8(2)20-24)28(26,27)21-13(25)10-5-22-7-23(14(16,17)18)4-9(15)12(22)19-10/h4-6H,3,7H2,1-2H3,(H,21,25). The number of imidazole rings is 1. The molecular weight excluding hydrogens is 425 g/mol. The van der Waals surface area contributed by atoms with Gasteiger partial charge in [0.25, 0.3) is 15.9 Å². The molecule has 9 nitrogen and oxygen atoms in total. The van der Waals surface area contributed by atoms with Crippen LogP contribution < -0.4 is 4.72 Å². The van der Waals surface area contributed by atoms with E-state index in [1.54, 1.807) is 6.92 Å². The van der Waals surface area contributed by atoms with E-state index in [9.17, 15) is 26.4 Å². The molecule has 0 saturated carbocycles. The quantitative estimate of drug-likeness (QED) is 0.731. The Kier molecular flexibility index (Phi) is 4.91. The number of carbonyl (C=O) groups is 1. The molecule has 0 unspecified atom stereocenters. The zero-order valence-electron chi connectivity index (χ0n) is 14.5. The van der Waals surface area contributed by atoms with E-state index in [2.05, 4.69) is 10.1 Å². The van der Waals surface area contributed by atoms with Gasteiger partial charge in [0.2, 0.25) is 0 Å². The summed E-state index contributed by atoms with van der Waals surface area (Å²) in [6.07, 6.45) is -1.77. The van der Waals surface area contributed by atoms with Crippen molar-refractivity contribution in [3.05, 3.63) is 35.8 Å².